The molecule has 1 spiro atoms. The Bertz CT molecular complexity index is 1130. The zero-order valence-corrected chi connectivity index (χ0v) is 18.6. The second-order valence-electron chi connectivity index (χ2n) is 9.00. The first-order valence-electron chi connectivity index (χ1n) is 11.2. The summed E-state index contributed by atoms with van der Waals surface area (Å²) in [5.41, 5.74) is 4.47. The number of fused-ring (bicyclic) bond motifs is 1. The first-order valence-corrected chi connectivity index (χ1v) is 11.2. The van der Waals surface area contributed by atoms with E-state index in [1.54, 1.807) is 19.4 Å². The average Bonchev–Trinajstić information content (AvgIpc) is 3.47. The summed E-state index contributed by atoms with van der Waals surface area (Å²) in [6, 6.07) is 7.81. The summed E-state index contributed by atoms with van der Waals surface area (Å²) in [5.74, 6) is -0.114. The predicted molar refractivity (Wildman–Crippen MR) is 121 cm³/mol. The number of hydrogen-bond donors (Lipinski definition) is 2. The van der Waals surface area contributed by atoms with Crippen LogP contribution in [0.5, 0.6) is 5.75 Å². The van der Waals surface area contributed by atoms with Crippen molar-refractivity contribution in [3.05, 3.63) is 59.0 Å². The number of nitrogens with one attached hydrogen (secondary N) is 1. The minimum atomic E-state index is -1.01. The lowest BCUT2D eigenvalue weighted by Gasteiger charge is -2.45. The van der Waals surface area contributed by atoms with E-state index in [0.717, 1.165) is 73.3 Å². The Balaban J connectivity index is 1.52. The number of ether oxygens (including phenoxy) is 2. The highest BCUT2D eigenvalue weighted by Crippen LogP contribution is 2.45. The normalized spacial score (nSPS) is 23.8. The van der Waals surface area contributed by atoms with Crippen LogP contribution in [-0.2, 0) is 11.3 Å². The summed E-state index contributed by atoms with van der Waals surface area (Å²) < 4.78 is 12.0. The average molecular weight is 436 g/mol. The van der Waals surface area contributed by atoms with Crippen molar-refractivity contribution in [1.82, 2.24) is 14.9 Å². The van der Waals surface area contributed by atoms with Crippen molar-refractivity contribution in [2.75, 3.05) is 20.3 Å². The number of piperidine rings is 1. The lowest BCUT2D eigenvalue weighted by atomic mass is 9.81. The zero-order valence-electron chi connectivity index (χ0n) is 18.6. The molecule has 0 radical (unpaired) electrons. The Morgan fingerprint density at radius 1 is 1.38 bits per heavy atom. The molecule has 2 atom stereocenters. The molecule has 2 aliphatic rings. The Morgan fingerprint density at radius 2 is 2.25 bits per heavy atom. The molecule has 0 aliphatic carbocycles. The molecule has 2 N–H and O–H groups in total. The smallest absolute Gasteiger partial charge is 0.354 e. The van der Waals surface area contributed by atoms with E-state index < -0.39 is 5.97 Å². The van der Waals surface area contributed by atoms with E-state index >= 15 is 0 Å². The molecule has 2 aliphatic heterocycles. The summed E-state index contributed by atoms with van der Waals surface area (Å²) in [4.78, 5) is 21.3. The van der Waals surface area contributed by atoms with Crippen LogP contribution in [0.4, 0.5) is 0 Å². The molecule has 0 bridgehead atoms. The van der Waals surface area contributed by atoms with Gasteiger partial charge < -0.3 is 19.6 Å². The summed E-state index contributed by atoms with van der Waals surface area (Å²) in [6.45, 7) is 4.54. The van der Waals surface area contributed by atoms with Crippen molar-refractivity contribution in [3.63, 3.8) is 0 Å². The van der Waals surface area contributed by atoms with Crippen molar-refractivity contribution in [2.45, 2.75) is 50.8 Å². The van der Waals surface area contributed by atoms with Crippen molar-refractivity contribution >= 4 is 16.9 Å². The largest absolute Gasteiger partial charge is 0.496 e. The van der Waals surface area contributed by atoms with Crippen LogP contribution in [0.1, 0.15) is 58.9 Å². The number of aromatic carboxylic acids is 1. The van der Waals surface area contributed by atoms with E-state index in [-0.39, 0.29) is 17.3 Å². The van der Waals surface area contributed by atoms with E-state index in [2.05, 4.69) is 33.9 Å². The highest BCUT2D eigenvalue weighted by molar-refractivity contribution is 5.88. The number of aromatic amines is 1. The Hall–Kier alpha value is -2.90. The van der Waals surface area contributed by atoms with Crippen molar-refractivity contribution in [3.8, 4) is 5.75 Å². The number of rotatable bonds is 5. The van der Waals surface area contributed by atoms with Gasteiger partial charge in [0.2, 0.25) is 0 Å². The summed E-state index contributed by atoms with van der Waals surface area (Å²) in [7, 11) is 1.72. The number of aryl methyl sites for hydroxylation is 1. The van der Waals surface area contributed by atoms with Crippen LogP contribution in [0, 0.1) is 6.92 Å². The third kappa shape index (κ3) is 3.65. The number of likely N-dealkylation sites (tertiary alicyclic amines) is 1. The number of pyridine rings is 1. The molecule has 168 valence electrons. The highest BCUT2D eigenvalue weighted by Gasteiger charge is 2.43. The van der Waals surface area contributed by atoms with Crippen LogP contribution in [0.25, 0.3) is 10.9 Å². The van der Waals surface area contributed by atoms with E-state index in [0.29, 0.717) is 0 Å². The fourth-order valence-corrected chi connectivity index (χ4v) is 5.43. The van der Waals surface area contributed by atoms with Gasteiger partial charge >= 0.3 is 5.97 Å². The van der Waals surface area contributed by atoms with Crippen LogP contribution >= 0.6 is 0 Å². The number of methoxy groups -OCH3 is 1. The van der Waals surface area contributed by atoms with Gasteiger partial charge in [0, 0.05) is 54.6 Å². The van der Waals surface area contributed by atoms with Gasteiger partial charge in [-0.3, -0.25) is 4.90 Å². The number of aromatic nitrogens is 2. The Labute approximate surface area is 187 Å². The molecule has 2 aromatic heterocycles. The molecular formula is C25H29N3O4. The molecule has 3 aromatic rings. The van der Waals surface area contributed by atoms with E-state index in [9.17, 15) is 9.90 Å². The standard InChI is InChI=1S/C25H29N3O4/c1-16-12-22(31-2)19(18-6-9-26-23(16)18)15-28-10-8-25(7-3-11-32-25)13-21(28)17-4-5-20(24(29)30)27-14-17/h4-6,9,12,14,21,26H,3,7-8,10-11,13,15H2,1-2H3,(H,29,30)/t21-,25?/m0/s1. The van der Waals surface area contributed by atoms with Crippen molar-refractivity contribution in [2.24, 2.45) is 0 Å². The van der Waals surface area contributed by atoms with Gasteiger partial charge in [-0.2, -0.15) is 0 Å². The second kappa shape index (κ2) is 8.22. The molecule has 1 aromatic carbocycles. The van der Waals surface area contributed by atoms with Crippen LogP contribution in [0.3, 0.4) is 0 Å². The third-order valence-corrected chi connectivity index (χ3v) is 7.13. The summed E-state index contributed by atoms with van der Waals surface area (Å²) >= 11 is 0. The van der Waals surface area contributed by atoms with Crippen molar-refractivity contribution < 1.29 is 19.4 Å². The maximum atomic E-state index is 11.3. The monoisotopic (exact) mass is 435 g/mol. The SMILES string of the molecule is COc1cc(C)c2[nH]ccc2c1CN1CCC2(CCCO2)C[C@H]1c1ccc(C(=O)O)nc1. The minimum absolute atomic E-state index is 0.0668. The molecule has 1 unspecified atom stereocenters. The maximum absolute atomic E-state index is 11.3. The molecule has 32 heavy (non-hydrogen) atoms. The number of carboxylic acids is 1. The van der Waals surface area contributed by atoms with Crippen LogP contribution < -0.4 is 4.74 Å². The van der Waals surface area contributed by atoms with Gasteiger partial charge in [-0.25, -0.2) is 9.78 Å². The number of benzene rings is 1. The molecule has 4 heterocycles. The van der Waals surface area contributed by atoms with Gasteiger partial charge in [-0.15, -0.1) is 0 Å². The van der Waals surface area contributed by atoms with Crippen LogP contribution in [0.15, 0.2) is 36.7 Å². The topological polar surface area (TPSA) is 87.7 Å². The summed E-state index contributed by atoms with van der Waals surface area (Å²) in [6.07, 6.45) is 7.74. The quantitative estimate of drug-likeness (QED) is 0.615. The Kier molecular flexibility index (Phi) is 5.39. The number of H-pyrrole nitrogens is 1. The molecule has 2 saturated heterocycles. The molecule has 5 rings (SSSR count). The molecular weight excluding hydrogens is 406 g/mol. The first kappa shape index (κ1) is 21.0. The van der Waals surface area contributed by atoms with Gasteiger partial charge in [0.1, 0.15) is 11.4 Å². The maximum Gasteiger partial charge on any atom is 0.354 e. The predicted octanol–water partition coefficient (Wildman–Crippen LogP) is 4.46. The van der Waals surface area contributed by atoms with Crippen LogP contribution in [-0.4, -0.2) is 51.8 Å². The molecule has 2 fully saturated rings. The molecule has 7 nitrogen and oxygen atoms in total. The fourth-order valence-electron chi connectivity index (χ4n) is 5.43. The third-order valence-electron chi connectivity index (χ3n) is 7.13. The lowest BCUT2D eigenvalue weighted by Crippen LogP contribution is -2.45. The molecule has 7 heteroatoms. The van der Waals surface area contributed by atoms with Gasteiger partial charge in [0.25, 0.3) is 0 Å². The van der Waals surface area contributed by atoms with Crippen molar-refractivity contribution in [1.29, 1.82) is 0 Å². The van der Waals surface area contributed by atoms with Gasteiger partial charge in [-0.05, 0) is 61.9 Å². The number of hydrogen-bond acceptors (Lipinski definition) is 5. The Morgan fingerprint density at radius 3 is 2.94 bits per heavy atom. The summed E-state index contributed by atoms with van der Waals surface area (Å²) in [5, 5.41) is 10.4. The molecule has 0 amide bonds. The number of nitrogens with zero attached hydrogens (tertiary/aromatic N) is 2. The van der Waals surface area contributed by atoms with E-state index in [1.807, 2.05) is 12.3 Å². The number of carbonyl (C=O) groups is 1. The van der Waals surface area contributed by atoms with E-state index in [4.69, 9.17) is 9.47 Å². The minimum Gasteiger partial charge on any atom is -0.496 e. The lowest BCUT2D eigenvalue weighted by molar-refractivity contribution is -0.0677. The van der Waals surface area contributed by atoms with Gasteiger partial charge in [0.05, 0.1) is 12.7 Å². The zero-order chi connectivity index (χ0) is 22.3. The van der Waals surface area contributed by atoms with Gasteiger partial charge in [0.15, 0.2) is 0 Å². The van der Waals surface area contributed by atoms with Gasteiger partial charge in [-0.1, -0.05) is 6.07 Å². The fraction of sp³-hybridized carbons (Fsp3) is 0.440. The molecule has 0 saturated carbocycles. The first-order chi connectivity index (χ1) is 15.5. The van der Waals surface area contributed by atoms with Crippen LogP contribution in [0.2, 0.25) is 0 Å². The van der Waals surface area contributed by atoms with E-state index in [1.165, 1.54) is 5.39 Å². The second-order valence-corrected chi connectivity index (χ2v) is 9.00. The number of carboxylic acid groups (broad SMARTS) is 1. The highest BCUT2D eigenvalue weighted by atomic mass is 16.5.